The van der Waals surface area contributed by atoms with Crippen molar-refractivity contribution in [2.75, 3.05) is 5.32 Å². The summed E-state index contributed by atoms with van der Waals surface area (Å²) in [5.41, 5.74) is 1.69. The zero-order valence-electron chi connectivity index (χ0n) is 10.7. The molecule has 108 valence electrons. The molecular formula is C15H10Br2Cl2N2. The first-order chi connectivity index (χ1) is 10.1. The molecule has 0 saturated heterocycles. The van der Waals surface area contributed by atoms with E-state index in [2.05, 4.69) is 42.2 Å². The van der Waals surface area contributed by atoms with Crippen LogP contribution < -0.4 is 5.32 Å². The maximum absolute atomic E-state index is 6.01. The van der Waals surface area contributed by atoms with Gasteiger partial charge in [0.05, 0.1) is 15.7 Å². The van der Waals surface area contributed by atoms with Crippen molar-refractivity contribution in [3.8, 4) is 0 Å². The highest BCUT2D eigenvalue weighted by Crippen LogP contribution is 2.27. The lowest BCUT2D eigenvalue weighted by molar-refractivity contribution is 1.52. The number of allylic oxidation sites excluding steroid dienone is 1. The molecular weight excluding hydrogens is 439 g/mol. The lowest BCUT2D eigenvalue weighted by Crippen LogP contribution is -1.87. The molecule has 2 aromatic carbocycles. The van der Waals surface area contributed by atoms with E-state index in [1.807, 2.05) is 30.3 Å². The molecule has 6 heteroatoms. The van der Waals surface area contributed by atoms with Crippen LogP contribution >= 0.6 is 55.1 Å². The van der Waals surface area contributed by atoms with Gasteiger partial charge in [-0.3, -0.25) is 4.99 Å². The summed E-state index contributed by atoms with van der Waals surface area (Å²) < 4.78 is 1.72. The molecule has 0 saturated carbocycles. The van der Waals surface area contributed by atoms with Gasteiger partial charge in [0.1, 0.15) is 0 Å². The van der Waals surface area contributed by atoms with Crippen molar-refractivity contribution in [2.45, 2.75) is 0 Å². The van der Waals surface area contributed by atoms with E-state index in [1.54, 1.807) is 24.6 Å². The monoisotopic (exact) mass is 446 g/mol. The average molecular weight is 449 g/mol. The maximum Gasteiger partial charge on any atom is 0.0645 e. The van der Waals surface area contributed by atoms with Crippen LogP contribution in [0.25, 0.3) is 0 Å². The second-order valence-corrected chi connectivity index (χ2v) is 6.53. The van der Waals surface area contributed by atoms with Crippen molar-refractivity contribution >= 4 is 72.7 Å². The Kier molecular flexibility index (Phi) is 6.30. The third-order valence-electron chi connectivity index (χ3n) is 2.48. The number of nitrogens with zero attached hydrogens (tertiary/aromatic N) is 1. The molecule has 21 heavy (non-hydrogen) atoms. The molecule has 0 aliphatic rings. The van der Waals surface area contributed by atoms with Gasteiger partial charge in [0.2, 0.25) is 0 Å². The van der Waals surface area contributed by atoms with E-state index in [9.17, 15) is 0 Å². The average Bonchev–Trinajstić information content (AvgIpc) is 2.46. The normalized spacial score (nSPS) is 11.4. The van der Waals surface area contributed by atoms with E-state index in [-0.39, 0.29) is 0 Å². The Hall–Kier alpha value is -0.810. The van der Waals surface area contributed by atoms with Crippen LogP contribution in [0.5, 0.6) is 0 Å². The van der Waals surface area contributed by atoms with Crippen LogP contribution in [0.2, 0.25) is 10.0 Å². The molecule has 0 unspecified atom stereocenters. The van der Waals surface area contributed by atoms with Crippen molar-refractivity contribution in [2.24, 2.45) is 4.99 Å². The van der Waals surface area contributed by atoms with Gasteiger partial charge in [0, 0.05) is 27.0 Å². The van der Waals surface area contributed by atoms with Crippen LogP contribution in [-0.4, -0.2) is 6.21 Å². The molecule has 2 rings (SSSR count). The number of benzene rings is 2. The molecule has 0 heterocycles. The number of anilines is 1. The Bertz CT molecular complexity index is 700. The topological polar surface area (TPSA) is 24.4 Å². The largest absolute Gasteiger partial charge is 0.362 e. The van der Waals surface area contributed by atoms with Gasteiger partial charge in [-0.2, -0.15) is 0 Å². The zero-order valence-corrected chi connectivity index (χ0v) is 15.3. The van der Waals surface area contributed by atoms with Gasteiger partial charge in [-0.1, -0.05) is 23.2 Å². The van der Waals surface area contributed by atoms with E-state index in [0.717, 1.165) is 20.3 Å². The number of hydrogen-bond acceptors (Lipinski definition) is 2. The summed E-state index contributed by atoms with van der Waals surface area (Å²) in [5, 5.41) is 4.40. The van der Waals surface area contributed by atoms with Crippen LogP contribution in [0.3, 0.4) is 0 Å². The predicted molar refractivity (Wildman–Crippen MR) is 99.2 cm³/mol. The zero-order chi connectivity index (χ0) is 15.2. The summed E-state index contributed by atoms with van der Waals surface area (Å²) >= 11 is 18.7. The van der Waals surface area contributed by atoms with Crippen molar-refractivity contribution in [3.05, 3.63) is 67.7 Å². The summed E-state index contributed by atoms with van der Waals surface area (Å²) in [6, 6.07) is 11.2. The van der Waals surface area contributed by atoms with Crippen LogP contribution in [0, 0.1) is 0 Å². The smallest absolute Gasteiger partial charge is 0.0645 e. The molecule has 1 N–H and O–H groups in total. The maximum atomic E-state index is 6.01. The first kappa shape index (κ1) is 16.6. The molecule has 0 aromatic heterocycles. The molecule has 0 aliphatic heterocycles. The minimum atomic E-state index is 0.635. The van der Waals surface area contributed by atoms with Crippen molar-refractivity contribution in [1.82, 2.24) is 0 Å². The van der Waals surface area contributed by atoms with Gasteiger partial charge in [-0.25, -0.2) is 0 Å². The Morgan fingerprint density at radius 3 is 2.29 bits per heavy atom. The van der Waals surface area contributed by atoms with E-state index in [4.69, 9.17) is 23.2 Å². The quantitative estimate of drug-likeness (QED) is 0.508. The summed E-state index contributed by atoms with van der Waals surface area (Å²) in [6.45, 7) is 0. The number of hydrogen-bond donors (Lipinski definition) is 1. The van der Waals surface area contributed by atoms with Crippen molar-refractivity contribution < 1.29 is 0 Å². The molecule has 2 aromatic rings. The minimum Gasteiger partial charge on any atom is -0.362 e. The summed E-state index contributed by atoms with van der Waals surface area (Å²) in [6.07, 6.45) is 5.27. The van der Waals surface area contributed by atoms with Gasteiger partial charge in [-0.15, -0.1) is 0 Å². The Labute approximate surface area is 150 Å². The number of nitrogens with one attached hydrogen (secondary N) is 1. The molecule has 0 aliphatic carbocycles. The highest BCUT2D eigenvalue weighted by Gasteiger charge is 1.97. The predicted octanol–water partition coefficient (Wildman–Crippen LogP) is 6.85. The van der Waals surface area contributed by atoms with Crippen LogP contribution in [0.15, 0.2) is 62.6 Å². The van der Waals surface area contributed by atoms with Crippen molar-refractivity contribution in [3.63, 3.8) is 0 Å². The Balaban J connectivity index is 1.94. The van der Waals surface area contributed by atoms with E-state index >= 15 is 0 Å². The first-order valence-electron chi connectivity index (χ1n) is 5.92. The molecule has 0 bridgehead atoms. The third kappa shape index (κ3) is 5.15. The third-order valence-corrected chi connectivity index (χ3v) is 4.94. The van der Waals surface area contributed by atoms with Gasteiger partial charge in [-0.05, 0) is 74.3 Å². The lowest BCUT2D eigenvalue weighted by atomic mass is 10.3. The minimum absolute atomic E-state index is 0.635. The van der Waals surface area contributed by atoms with E-state index in [0.29, 0.717) is 10.0 Å². The second-order valence-electron chi connectivity index (χ2n) is 4.01. The van der Waals surface area contributed by atoms with E-state index < -0.39 is 0 Å². The summed E-state index contributed by atoms with van der Waals surface area (Å²) in [7, 11) is 0. The first-order valence-corrected chi connectivity index (χ1v) is 8.26. The number of halogens is 4. The second kappa shape index (κ2) is 7.99. The number of aliphatic imine (C=N–C) groups is 1. The molecule has 0 spiro atoms. The standard InChI is InChI=1S/C15H10Br2Cl2N2/c16-12-4-2-10(8-14(12)18)20-6-1-7-21-11-3-5-13(17)15(19)9-11/h1-9,20H/b6-1+,21-7?. The molecule has 0 atom stereocenters. The molecule has 0 amide bonds. The number of rotatable bonds is 4. The van der Waals surface area contributed by atoms with Gasteiger partial charge < -0.3 is 5.32 Å². The van der Waals surface area contributed by atoms with Gasteiger partial charge in [0.15, 0.2) is 0 Å². The SMILES string of the molecule is Clc1cc(N=C/C=C/Nc2ccc(Br)c(Cl)c2)ccc1Br. The van der Waals surface area contributed by atoms with Crippen molar-refractivity contribution in [1.29, 1.82) is 0 Å². The highest BCUT2D eigenvalue weighted by molar-refractivity contribution is 9.10. The fourth-order valence-corrected chi connectivity index (χ4v) is 2.32. The fraction of sp³-hybridized carbons (Fsp3) is 0. The lowest BCUT2D eigenvalue weighted by Gasteiger charge is -2.01. The van der Waals surface area contributed by atoms with Gasteiger partial charge in [0.25, 0.3) is 0 Å². The Morgan fingerprint density at radius 1 is 0.952 bits per heavy atom. The summed E-state index contributed by atoms with van der Waals surface area (Å²) in [4.78, 5) is 4.28. The molecule has 2 nitrogen and oxygen atoms in total. The van der Waals surface area contributed by atoms with Crippen LogP contribution in [0.4, 0.5) is 11.4 Å². The molecule has 0 radical (unpaired) electrons. The van der Waals surface area contributed by atoms with Gasteiger partial charge >= 0.3 is 0 Å². The van der Waals surface area contributed by atoms with Crippen LogP contribution in [0.1, 0.15) is 0 Å². The Morgan fingerprint density at radius 2 is 1.62 bits per heavy atom. The summed E-state index contributed by atoms with van der Waals surface area (Å²) in [5.74, 6) is 0. The fourth-order valence-electron chi connectivity index (χ4n) is 1.47. The molecule has 0 fully saturated rings. The highest BCUT2D eigenvalue weighted by atomic mass is 79.9. The van der Waals surface area contributed by atoms with Crippen LogP contribution in [-0.2, 0) is 0 Å². The van der Waals surface area contributed by atoms with E-state index in [1.165, 1.54) is 0 Å².